The van der Waals surface area contributed by atoms with Crippen LogP contribution in [0, 0.1) is 6.92 Å². The van der Waals surface area contributed by atoms with Crippen molar-refractivity contribution in [3.8, 4) is 22.8 Å². The molecule has 3 aromatic rings. The minimum Gasteiger partial charge on any atom is -0.495 e. The van der Waals surface area contributed by atoms with Crippen molar-refractivity contribution in [3.05, 3.63) is 40.1 Å². The zero-order valence-corrected chi connectivity index (χ0v) is 20.5. The van der Waals surface area contributed by atoms with Crippen molar-refractivity contribution in [2.75, 3.05) is 26.6 Å². The van der Waals surface area contributed by atoms with E-state index in [0.29, 0.717) is 38.6 Å². The number of benzene rings is 1. The van der Waals surface area contributed by atoms with Crippen LogP contribution in [0.15, 0.2) is 24.4 Å². The van der Waals surface area contributed by atoms with Crippen molar-refractivity contribution in [2.45, 2.75) is 41.0 Å². The van der Waals surface area contributed by atoms with Gasteiger partial charge in [0.2, 0.25) is 0 Å². The number of methoxy groups -OCH3 is 2. The Morgan fingerprint density at radius 1 is 0.967 bits per heavy atom. The zero-order valence-electron chi connectivity index (χ0n) is 19.0. The number of fused-ring (bicyclic) bond motifs is 1. The molecule has 0 fully saturated rings. The molecular formula is C23H31Cl2N3O2. The first-order valence-corrected chi connectivity index (χ1v) is 10.7. The van der Waals surface area contributed by atoms with Gasteiger partial charge in [0.25, 0.3) is 0 Å². The van der Waals surface area contributed by atoms with E-state index < -0.39 is 0 Å². The van der Waals surface area contributed by atoms with Crippen LogP contribution in [0.3, 0.4) is 0 Å². The molecule has 1 aromatic carbocycles. The summed E-state index contributed by atoms with van der Waals surface area (Å²) in [5.74, 6) is 1.65. The van der Waals surface area contributed by atoms with E-state index in [9.17, 15) is 0 Å². The van der Waals surface area contributed by atoms with Gasteiger partial charge in [-0.05, 0) is 19.1 Å². The van der Waals surface area contributed by atoms with Crippen molar-refractivity contribution in [3.63, 3.8) is 0 Å². The highest BCUT2D eigenvalue weighted by Gasteiger charge is 2.21. The van der Waals surface area contributed by atoms with Gasteiger partial charge in [-0.3, -0.25) is 4.98 Å². The summed E-state index contributed by atoms with van der Waals surface area (Å²) in [6, 6.07) is 5.53. The SMILES string of the molecule is CC.CCC.CNc1nc(-c2c(Cl)c(OC)cc(OC)c2Cl)cc2cnc(C)cc12. The number of aromatic nitrogens is 2. The van der Waals surface area contributed by atoms with Gasteiger partial charge in [-0.2, -0.15) is 0 Å². The number of anilines is 1. The lowest BCUT2D eigenvalue weighted by Crippen LogP contribution is -1.99. The summed E-state index contributed by atoms with van der Waals surface area (Å²) >= 11 is 13.0. The fraction of sp³-hybridized carbons (Fsp3) is 0.391. The van der Waals surface area contributed by atoms with Gasteiger partial charge in [0.05, 0.1) is 30.0 Å². The van der Waals surface area contributed by atoms with Crippen LogP contribution < -0.4 is 14.8 Å². The molecule has 0 aliphatic carbocycles. The van der Waals surface area contributed by atoms with E-state index >= 15 is 0 Å². The van der Waals surface area contributed by atoms with E-state index in [1.54, 1.807) is 12.3 Å². The molecule has 0 saturated carbocycles. The Labute approximate surface area is 189 Å². The van der Waals surface area contributed by atoms with Crippen LogP contribution in [0.5, 0.6) is 11.5 Å². The first-order valence-electron chi connectivity index (χ1n) is 9.97. The Balaban J connectivity index is 0.000000826. The van der Waals surface area contributed by atoms with Gasteiger partial charge in [-0.15, -0.1) is 0 Å². The summed E-state index contributed by atoms with van der Waals surface area (Å²) < 4.78 is 10.7. The normalized spacial score (nSPS) is 9.80. The molecule has 0 radical (unpaired) electrons. The van der Waals surface area contributed by atoms with Crippen LogP contribution >= 0.6 is 23.2 Å². The molecule has 2 heterocycles. The third-order valence-corrected chi connectivity index (χ3v) is 4.67. The predicted molar refractivity (Wildman–Crippen MR) is 130 cm³/mol. The molecule has 0 atom stereocenters. The highest BCUT2D eigenvalue weighted by molar-refractivity contribution is 6.41. The first kappa shape index (κ1) is 25.8. The third kappa shape index (κ3) is 5.67. The Morgan fingerprint density at radius 2 is 1.50 bits per heavy atom. The van der Waals surface area contributed by atoms with E-state index in [2.05, 4.69) is 29.1 Å². The van der Waals surface area contributed by atoms with E-state index in [1.807, 2.05) is 40.0 Å². The molecule has 0 unspecified atom stereocenters. The number of halogens is 2. The van der Waals surface area contributed by atoms with Crippen LogP contribution in [0.25, 0.3) is 22.0 Å². The number of rotatable bonds is 4. The van der Waals surface area contributed by atoms with E-state index in [-0.39, 0.29) is 0 Å². The summed E-state index contributed by atoms with van der Waals surface area (Å²) in [6.07, 6.45) is 3.05. The highest BCUT2D eigenvalue weighted by atomic mass is 35.5. The quantitative estimate of drug-likeness (QED) is 0.447. The van der Waals surface area contributed by atoms with Crippen molar-refractivity contribution >= 4 is 39.8 Å². The summed E-state index contributed by atoms with van der Waals surface area (Å²) in [5.41, 5.74) is 2.07. The second kappa shape index (κ2) is 12.5. The molecule has 30 heavy (non-hydrogen) atoms. The van der Waals surface area contributed by atoms with Gasteiger partial charge in [-0.25, -0.2) is 4.98 Å². The van der Waals surface area contributed by atoms with Crippen LogP contribution in [0.1, 0.15) is 39.8 Å². The number of ether oxygens (including phenoxy) is 2. The van der Waals surface area contributed by atoms with Crippen molar-refractivity contribution in [2.24, 2.45) is 0 Å². The molecule has 0 aliphatic rings. The minimum atomic E-state index is 0.377. The molecule has 3 rings (SSSR count). The number of hydrogen-bond acceptors (Lipinski definition) is 5. The Hall–Kier alpha value is -2.24. The molecular weight excluding hydrogens is 421 g/mol. The second-order valence-corrected chi connectivity index (χ2v) is 6.90. The van der Waals surface area contributed by atoms with Crippen LogP contribution in [0.4, 0.5) is 5.82 Å². The number of nitrogens with zero attached hydrogens (tertiary/aromatic N) is 2. The molecule has 0 spiro atoms. The molecule has 2 aromatic heterocycles. The van der Waals surface area contributed by atoms with Gasteiger partial charge < -0.3 is 14.8 Å². The van der Waals surface area contributed by atoms with Gasteiger partial charge in [0, 0.05) is 41.3 Å². The molecule has 0 bridgehead atoms. The fourth-order valence-electron chi connectivity index (χ4n) is 2.68. The van der Waals surface area contributed by atoms with Gasteiger partial charge in [0.15, 0.2) is 0 Å². The third-order valence-electron chi connectivity index (χ3n) is 3.92. The molecule has 1 N–H and O–H groups in total. The Morgan fingerprint density at radius 3 is 1.97 bits per heavy atom. The minimum absolute atomic E-state index is 0.377. The maximum Gasteiger partial charge on any atom is 0.141 e. The largest absolute Gasteiger partial charge is 0.495 e. The highest BCUT2D eigenvalue weighted by Crippen LogP contribution is 2.46. The maximum absolute atomic E-state index is 6.51. The molecule has 0 saturated heterocycles. The van der Waals surface area contributed by atoms with Crippen molar-refractivity contribution < 1.29 is 9.47 Å². The average Bonchev–Trinajstić information content (AvgIpc) is 2.75. The average molecular weight is 452 g/mol. The summed E-state index contributed by atoms with van der Waals surface area (Å²) in [4.78, 5) is 9.04. The second-order valence-electron chi connectivity index (χ2n) is 6.14. The zero-order chi connectivity index (χ0) is 22.8. The Bertz CT molecular complexity index is 950. The van der Waals surface area contributed by atoms with Crippen LogP contribution in [0.2, 0.25) is 10.0 Å². The molecule has 7 heteroatoms. The van der Waals surface area contributed by atoms with Crippen LogP contribution in [-0.4, -0.2) is 31.2 Å². The monoisotopic (exact) mass is 451 g/mol. The number of aryl methyl sites for hydroxylation is 1. The van der Waals surface area contributed by atoms with Crippen molar-refractivity contribution in [1.29, 1.82) is 0 Å². The standard InChI is InChI=1S/C18H17Cl2N3O2.C3H8.C2H6/c1-9-5-11-10(8-22-9)6-12(23-18(11)21-2)15-16(19)13(24-3)7-14(25-4)17(15)20;1-3-2;1-2/h5-8H,1-4H3,(H,21,23);3H2,1-2H3;1-2H3. The van der Waals surface area contributed by atoms with Crippen molar-refractivity contribution in [1.82, 2.24) is 9.97 Å². The topological polar surface area (TPSA) is 56.3 Å². The number of nitrogens with one attached hydrogen (secondary N) is 1. The lowest BCUT2D eigenvalue weighted by Gasteiger charge is -2.16. The molecule has 0 amide bonds. The number of hydrogen-bond donors (Lipinski definition) is 1. The molecule has 164 valence electrons. The summed E-state index contributed by atoms with van der Waals surface area (Å²) in [6.45, 7) is 10.2. The number of pyridine rings is 2. The van der Waals surface area contributed by atoms with Gasteiger partial charge in [0.1, 0.15) is 17.3 Å². The fourth-order valence-corrected chi connectivity index (χ4v) is 3.37. The molecule has 0 aliphatic heterocycles. The summed E-state index contributed by atoms with van der Waals surface area (Å²) in [5, 5.41) is 5.77. The van der Waals surface area contributed by atoms with Gasteiger partial charge in [-0.1, -0.05) is 57.3 Å². The maximum atomic E-state index is 6.51. The van der Waals surface area contributed by atoms with Crippen LogP contribution in [-0.2, 0) is 0 Å². The first-order chi connectivity index (χ1) is 14.4. The molecule has 5 nitrogen and oxygen atoms in total. The smallest absolute Gasteiger partial charge is 0.141 e. The van der Waals surface area contributed by atoms with E-state index in [4.69, 9.17) is 32.7 Å². The summed E-state index contributed by atoms with van der Waals surface area (Å²) in [7, 11) is 4.90. The Kier molecular flexibility index (Phi) is 10.7. The van der Waals surface area contributed by atoms with E-state index in [1.165, 1.54) is 20.6 Å². The van der Waals surface area contributed by atoms with E-state index in [0.717, 1.165) is 16.5 Å². The lowest BCUT2D eigenvalue weighted by molar-refractivity contribution is 0.395. The van der Waals surface area contributed by atoms with Gasteiger partial charge >= 0.3 is 0 Å². The lowest BCUT2D eigenvalue weighted by atomic mass is 10.1. The predicted octanol–water partition coefficient (Wildman–Crippen LogP) is 7.41.